The number of benzene rings is 1. The molecule has 6 nitrogen and oxygen atoms in total. The van der Waals surface area contributed by atoms with Crippen LogP contribution in [0.4, 0.5) is 0 Å². The SMILES string of the molecule is COc1cccc(Oc2ncccc2CNC(=O)[C@@H](N)C(C)(C)C)c1.Cl.Cl. The third-order valence-corrected chi connectivity index (χ3v) is 3.77. The van der Waals surface area contributed by atoms with Crippen LogP contribution in [0.25, 0.3) is 0 Å². The molecule has 1 heterocycles. The predicted molar refractivity (Wildman–Crippen MR) is 111 cm³/mol. The lowest BCUT2D eigenvalue weighted by atomic mass is 9.87. The van der Waals surface area contributed by atoms with Gasteiger partial charge >= 0.3 is 0 Å². The fourth-order valence-electron chi connectivity index (χ4n) is 2.11. The average molecular weight is 416 g/mol. The number of carbonyl (C=O) groups is 1. The van der Waals surface area contributed by atoms with E-state index in [4.69, 9.17) is 15.2 Å². The zero-order valence-corrected chi connectivity index (χ0v) is 17.5. The van der Waals surface area contributed by atoms with Crippen LogP contribution in [0.1, 0.15) is 26.3 Å². The normalized spacial score (nSPS) is 11.4. The highest BCUT2D eigenvalue weighted by atomic mass is 35.5. The van der Waals surface area contributed by atoms with Crippen LogP contribution in [0.15, 0.2) is 42.6 Å². The molecule has 8 heteroatoms. The van der Waals surface area contributed by atoms with Crippen LogP contribution in [0, 0.1) is 5.41 Å². The highest BCUT2D eigenvalue weighted by molar-refractivity contribution is 5.85. The summed E-state index contributed by atoms with van der Waals surface area (Å²) in [6, 6.07) is 10.3. The Kier molecular flexibility index (Phi) is 10.1. The zero-order valence-electron chi connectivity index (χ0n) is 15.9. The van der Waals surface area contributed by atoms with E-state index >= 15 is 0 Å². The third-order valence-electron chi connectivity index (χ3n) is 3.77. The first-order valence-electron chi connectivity index (χ1n) is 8.10. The zero-order chi connectivity index (χ0) is 18.4. The fraction of sp³-hybridized carbons (Fsp3) is 0.368. The standard InChI is InChI=1S/C19H25N3O3.2ClH/c1-19(2,3)16(20)17(23)22-12-13-7-6-10-21-18(13)25-15-9-5-8-14(11-15)24-4;;/h5-11,16H,12,20H2,1-4H3,(H,22,23);2*1H/t16-;;/m1../s1. The molecule has 1 amide bonds. The molecule has 0 fully saturated rings. The first-order valence-corrected chi connectivity index (χ1v) is 8.10. The Labute approximate surface area is 172 Å². The Morgan fingerprint density at radius 3 is 2.48 bits per heavy atom. The number of ether oxygens (including phenoxy) is 2. The van der Waals surface area contributed by atoms with Gasteiger partial charge in [0.2, 0.25) is 11.8 Å². The molecule has 0 saturated carbocycles. The van der Waals surface area contributed by atoms with E-state index in [1.54, 1.807) is 25.4 Å². The highest BCUT2D eigenvalue weighted by Gasteiger charge is 2.27. The summed E-state index contributed by atoms with van der Waals surface area (Å²) >= 11 is 0. The van der Waals surface area contributed by atoms with Crippen molar-refractivity contribution in [3.63, 3.8) is 0 Å². The van der Waals surface area contributed by atoms with Crippen LogP contribution in [0.2, 0.25) is 0 Å². The number of methoxy groups -OCH3 is 1. The summed E-state index contributed by atoms with van der Waals surface area (Å²) in [4.78, 5) is 16.5. The van der Waals surface area contributed by atoms with Gasteiger partial charge in [-0.3, -0.25) is 4.79 Å². The Balaban J connectivity index is 0.00000338. The molecule has 1 aromatic heterocycles. The van der Waals surface area contributed by atoms with E-state index in [1.165, 1.54) is 0 Å². The van der Waals surface area contributed by atoms with Crippen molar-refractivity contribution in [3.8, 4) is 17.4 Å². The lowest BCUT2D eigenvalue weighted by Gasteiger charge is -2.25. The molecule has 1 atom stereocenters. The average Bonchev–Trinajstić information content (AvgIpc) is 2.59. The second-order valence-electron chi connectivity index (χ2n) is 6.81. The molecule has 0 bridgehead atoms. The third kappa shape index (κ3) is 7.25. The summed E-state index contributed by atoms with van der Waals surface area (Å²) in [5.74, 6) is 1.53. The first-order chi connectivity index (χ1) is 11.8. The van der Waals surface area contributed by atoms with Gasteiger partial charge in [-0.1, -0.05) is 32.9 Å². The Morgan fingerprint density at radius 2 is 1.85 bits per heavy atom. The molecule has 3 N–H and O–H groups in total. The van der Waals surface area contributed by atoms with Crippen molar-refractivity contribution in [2.75, 3.05) is 7.11 Å². The maximum Gasteiger partial charge on any atom is 0.237 e. The number of pyridine rings is 1. The topological polar surface area (TPSA) is 86.5 Å². The van der Waals surface area contributed by atoms with Crippen LogP contribution in [-0.4, -0.2) is 24.0 Å². The van der Waals surface area contributed by atoms with E-state index in [0.29, 0.717) is 17.4 Å². The van der Waals surface area contributed by atoms with E-state index < -0.39 is 6.04 Å². The molecule has 0 unspecified atom stereocenters. The molecule has 2 aromatic rings. The van der Waals surface area contributed by atoms with E-state index in [-0.39, 0.29) is 42.7 Å². The molecule has 0 aliphatic carbocycles. The summed E-state index contributed by atoms with van der Waals surface area (Å²) in [6.45, 7) is 6.08. The number of nitrogens with two attached hydrogens (primary N) is 1. The maximum atomic E-state index is 12.2. The van der Waals surface area contributed by atoms with Gasteiger partial charge in [-0.15, -0.1) is 24.8 Å². The van der Waals surface area contributed by atoms with E-state index in [9.17, 15) is 4.79 Å². The molecule has 150 valence electrons. The maximum absolute atomic E-state index is 12.2. The molecule has 0 saturated heterocycles. The van der Waals surface area contributed by atoms with Gasteiger partial charge in [0.1, 0.15) is 11.5 Å². The quantitative estimate of drug-likeness (QED) is 0.750. The van der Waals surface area contributed by atoms with Gasteiger partial charge in [-0.05, 0) is 23.6 Å². The number of hydrogen-bond acceptors (Lipinski definition) is 5. The molecule has 0 spiro atoms. The molecule has 2 rings (SSSR count). The van der Waals surface area contributed by atoms with Gasteiger partial charge in [0.15, 0.2) is 0 Å². The van der Waals surface area contributed by atoms with Crippen molar-refractivity contribution >= 4 is 30.7 Å². The second-order valence-corrected chi connectivity index (χ2v) is 6.81. The van der Waals surface area contributed by atoms with Crippen molar-refractivity contribution in [1.29, 1.82) is 0 Å². The molecule has 0 aliphatic heterocycles. The molecule has 0 radical (unpaired) electrons. The van der Waals surface area contributed by atoms with Crippen LogP contribution in [0.3, 0.4) is 0 Å². The van der Waals surface area contributed by atoms with E-state index in [0.717, 1.165) is 5.56 Å². The van der Waals surface area contributed by atoms with Crippen molar-refractivity contribution in [3.05, 3.63) is 48.2 Å². The molecular formula is C19H27Cl2N3O3. The summed E-state index contributed by atoms with van der Waals surface area (Å²) in [5.41, 5.74) is 6.44. The van der Waals surface area contributed by atoms with Gasteiger partial charge in [0, 0.05) is 24.4 Å². The highest BCUT2D eigenvalue weighted by Crippen LogP contribution is 2.26. The van der Waals surface area contributed by atoms with Gasteiger partial charge in [-0.25, -0.2) is 4.98 Å². The van der Waals surface area contributed by atoms with Gasteiger partial charge in [0.05, 0.1) is 13.2 Å². The lowest BCUT2D eigenvalue weighted by molar-refractivity contribution is -0.124. The Morgan fingerprint density at radius 1 is 1.19 bits per heavy atom. The minimum absolute atomic E-state index is 0. The van der Waals surface area contributed by atoms with Gasteiger partial charge < -0.3 is 20.5 Å². The Bertz CT molecular complexity index is 736. The molecule has 1 aromatic carbocycles. The monoisotopic (exact) mass is 415 g/mol. The van der Waals surface area contributed by atoms with Crippen molar-refractivity contribution < 1.29 is 14.3 Å². The summed E-state index contributed by atoms with van der Waals surface area (Å²) in [7, 11) is 1.60. The van der Waals surface area contributed by atoms with Crippen molar-refractivity contribution in [1.82, 2.24) is 10.3 Å². The molecular weight excluding hydrogens is 389 g/mol. The fourth-order valence-corrected chi connectivity index (χ4v) is 2.11. The minimum Gasteiger partial charge on any atom is -0.497 e. The summed E-state index contributed by atoms with van der Waals surface area (Å²) < 4.78 is 11.0. The van der Waals surface area contributed by atoms with Crippen molar-refractivity contribution in [2.45, 2.75) is 33.4 Å². The number of amides is 1. The Hall–Kier alpha value is -2.02. The van der Waals surface area contributed by atoms with Crippen molar-refractivity contribution in [2.24, 2.45) is 11.1 Å². The predicted octanol–water partition coefficient (Wildman–Crippen LogP) is 3.72. The van der Waals surface area contributed by atoms with Crippen LogP contribution < -0.4 is 20.5 Å². The smallest absolute Gasteiger partial charge is 0.237 e. The summed E-state index contributed by atoms with van der Waals surface area (Å²) in [6.07, 6.45) is 1.64. The second kappa shape index (κ2) is 11.0. The van der Waals surface area contributed by atoms with E-state index in [1.807, 2.05) is 45.0 Å². The van der Waals surface area contributed by atoms with Crippen LogP contribution >= 0.6 is 24.8 Å². The number of aromatic nitrogens is 1. The number of hydrogen-bond donors (Lipinski definition) is 2. The largest absolute Gasteiger partial charge is 0.497 e. The number of halogens is 2. The van der Waals surface area contributed by atoms with Gasteiger partial charge in [-0.2, -0.15) is 0 Å². The van der Waals surface area contributed by atoms with Crippen LogP contribution in [-0.2, 0) is 11.3 Å². The molecule has 0 aliphatic rings. The van der Waals surface area contributed by atoms with Gasteiger partial charge in [0.25, 0.3) is 0 Å². The van der Waals surface area contributed by atoms with E-state index in [2.05, 4.69) is 10.3 Å². The number of nitrogens with one attached hydrogen (secondary N) is 1. The first kappa shape index (κ1) is 25.0. The molecule has 27 heavy (non-hydrogen) atoms. The number of carbonyl (C=O) groups excluding carboxylic acids is 1. The summed E-state index contributed by atoms with van der Waals surface area (Å²) in [5, 5.41) is 2.85. The van der Waals surface area contributed by atoms with Crippen LogP contribution in [0.5, 0.6) is 17.4 Å². The number of rotatable bonds is 6. The number of nitrogens with zero attached hydrogens (tertiary/aromatic N) is 1. The minimum atomic E-state index is -0.591. The lowest BCUT2D eigenvalue weighted by Crippen LogP contribution is -2.48.